The first-order valence-corrected chi connectivity index (χ1v) is 16.7. The summed E-state index contributed by atoms with van der Waals surface area (Å²) >= 11 is 0. The predicted octanol–water partition coefficient (Wildman–Crippen LogP) is 3.74. The van der Waals surface area contributed by atoms with E-state index < -0.39 is 18.2 Å². The Balaban J connectivity index is 1.64. The molecular weight excluding hydrogens is 614 g/mol. The number of nitrogens with one attached hydrogen (secondary N) is 2. The third-order valence-electron chi connectivity index (χ3n) is 7.45. The van der Waals surface area contributed by atoms with E-state index in [4.69, 9.17) is 26.7 Å². The Morgan fingerprint density at radius 1 is 0.708 bits per heavy atom. The molecule has 2 aromatic carbocycles. The number of alkyl carbamates (subject to hydrolysis) is 1. The molecule has 3 amide bonds. The van der Waals surface area contributed by atoms with Crippen LogP contribution in [0.5, 0.6) is 0 Å². The van der Waals surface area contributed by atoms with Gasteiger partial charge in [0.2, 0.25) is 5.91 Å². The summed E-state index contributed by atoms with van der Waals surface area (Å²) in [5, 5.41) is 5.58. The molecule has 0 radical (unpaired) electrons. The van der Waals surface area contributed by atoms with Crippen molar-refractivity contribution >= 4 is 29.8 Å². The molecule has 8 N–H and O–H groups in total. The minimum absolute atomic E-state index is 0.0365. The van der Waals surface area contributed by atoms with Crippen molar-refractivity contribution in [2.45, 2.75) is 83.5 Å². The fourth-order valence-electron chi connectivity index (χ4n) is 4.69. The summed E-state index contributed by atoms with van der Waals surface area (Å²) in [4.78, 5) is 55.1. The number of amides is 3. The molecule has 2 rings (SSSR count). The Kier molecular flexibility index (Phi) is 20.2. The van der Waals surface area contributed by atoms with Crippen LogP contribution in [0.15, 0.2) is 65.7 Å². The Morgan fingerprint density at radius 3 is 1.98 bits per heavy atom. The van der Waals surface area contributed by atoms with Crippen molar-refractivity contribution in [2.24, 2.45) is 22.2 Å². The van der Waals surface area contributed by atoms with E-state index in [1.165, 1.54) is 0 Å². The van der Waals surface area contributed by atoms with Crippen LogP contribution < -0.4 is 27.8 Å². The Hall–Kier alpha value is -4.65. The van der Waals surface area contributed by atoms with Crippen LogP contribution >= 0.6 is 0 Å². The van der Waals surface area contributed by atoms with Crippen molar-refractivity contribution in [1.29, 1.82) is 0 Å². The van der Waals surface area contributed by atoms with Crippen LogP contribution in [0.4, 0.5) is 9.59 Å². The number of ketones is 1. The second kappa shape index (κ2) is 24.5. The average Bonchev–Trinajstić information content (AvgIpc) is 3.09. The van der Waals surface area contributed by atoms with Crippen LogP contribution in [0, 0.1) is 0 Å². The van der Waals surface area contributed by atoms with E-state index in [0.29, 0.717) is 64.8 Å². The van der Waals surface area contributed by atoms with Gasteiger partial charge in [-0.3, -0.25) is 14.6 Å². The fourth-order valence-corrected chi connectivity index (χ4v) is 4.69. The van der Waals surface area contributed by atoms with Gasteiger partial charge in [0.05, 0.1) is 6.04 Å². The summed E-state index contributed by atoms with van der Waals surface area (Å²) in [5.74, 6) is -0.117. The van der Waals surface area contributed by atoms with E-state index in [2.05, 4.69) is 15.6 Å². The highest BCUT2D eigenvalue weighted by molar-refractivity contribution is 5.84. The third kappa shape index (κ3) is 19.1. The number of nitrogens with zero attached hydrogens (tertiary/aromatic N) is 2. The van der Waals surface area contributed by atoms with Crippen LogP contribution in [0.3, 0.4) is 0 Å². The van der Waals surface area contributed by atoms with Crippen molar-refractivity contribution < 1.29 is 28.7 Å². The first-order chi connectivity index (χ1) is 23.2. The molecule has 0 aromatic heterocycles. The van der Waals surface area contributed by atoms with Gasteiger partial charge in [-0.2, -0.15) is 0 Å². The molecule has 1 unspecified atom stereocenters. The van der Waals surface area contributed by atoms with Crippen molar-refractivity contribution in [2.75, 3.05) is 32.7 Å². The third-order valence-corrected chi connectivity index (χ3v) is 7.45. The SMILES string of the molecule is NC(N)=NCCCCCCC(=O)C(N)CCC(=O)NCCCCN(CCCNC(=O)OCc1ccccc1)C(=O)OCc1ccccc1. The van der Waals surface area contributed by atoms with Gasteiger partial charge in [0.25, 0.3) is 0 Å². The molecule has 0 saturated carbocycles. The highest BCUT2D eigenvalue weighted by atomic mass is 16.6. The quantitative estimate of drug-likeness (QED) is 0.0627. The van der Waals surface area contributed by atoms with Gasteiger partial charge in [-0.15, -0.1) is 0 Å². The van der Waals surface area contributed by atoms with Gasteiger partial charge in [-0.05, 0) is 49.7 Å². The number of nitrogens with two attached hydrogens (primary N) is 3. The molecule has 0 spiro atoms. The number of guanidine groups is 1. The van der Waals surface area contributed by atoms with E-state index in [1.807, 2.05) is 60.7 Å². The largest absolute Gasteiger partial charge is 0.445 e. The molecule has 1 atom stereocenters. The number of hydrogen-bond donors (Lipinski definition) is 5. The Labute approximate surface area is 284 Å². The van der Waals surface area contributed by atoms with Crippen molar-refractivity contribution in [3.63, 3.8) is 0 Å². The molecule has 0 fully saturated rings. The van der Waals surface area contributed by atoms with Crippen molar-refractivity contribution in [3.8, 4) is 0 Å². The number of benzene rings is 2. The number of carbonyl (C=O) groups excluding carboxylic acids is 4. The number of unbranched alkanes of at least 4 members (excludes halogenated alkanes) is 4. The van der Waals surface area contributed by atoms with Crippen LogP contribution in [-0.2, 0) is 32.3 Å². The van der Waals surface area contributed by atoms with Gasteiger partial charge in [0.1, 0.15) is 19.0 Å². The highest BCUT2D eigenvalue weighted by Gasteiger charge is 2.16. The molecule has 264 valence electrons. The number of ether oxygens (including phenoxy) is 2. The van der Waals surface area contributed by atoms with Crippen molar-refractivity contribution in [3.05, 3.63) is 71.8 Å². The summed E-state index contributed by atoms with van der Waals surface area (Å²) in [6.07, 6.45) is 5.11. The summed E-state index contributed by atoms with van der Waals surface area (Å²) in [6, 6.07) is 18.2. The molecule has 0 aliphatic heterocycles. The topological polar surface area (TPSA) is 204 Å². The number of aliphatic imine (C=N–C) groups is 1. The summed E-state index contributed by atoms with van der Waals surface area (Å²) < 4.78 is 10.8. The Bertz CT molecular complexity index is 1240. The molecule has 0 saturated heterocycles. The molecule has 0 heterocycles. The van der Waals surface area contributed by atoms with E-state index in [0.717, 1.165) is 36.8 Å². The minimum atomic E-state index is -0.659. The van der Waals surface area contributed by atoms with Gasteiger partial charge >= 0.3 is 12.2 Å². The zero-order chi connectivity index (χ0) is 34.8. The molecule has 13 heteroatoms. The number of rotatable bonds is 24. The fraction of sp³-hybridized carbons (Fsp3) is 0.514. The first kappa shape index (κ1) is 39.5. The van der Waals surface area contributed by atoms with Gasteiger partial charge in [0, 0.05) is 45.6 Å². The lowest BCUT2D eigenvalue weighted by atomic mass is 10.0. The monoisotopic (exact) mass is 667 g/mol. The van der Waals surface area contributed by atoms with Gasteiger partial charge in [0.15, 0.2) is 5.96 Å². The lowest BCUT2D eigenvalue weighted by Crippen LogP contribution is -2.36. The predicted molar refractivity (Wildman–Crippen MR) is 186 cm³/mol. The summed E-state index contributed by atoms with van der Waals surface area (Å²) in [5.41, 5.74) is 18.4. The summed E-state index contributed by atoms with van der Waals surface area (Å²) in [7, 11) is 0. The first-order valence-electron chi connectivity index (χ1n) is 16.7. The molecule has 48 heavy (non-hydrogen) atoms. The molecule has 0 bridgehead atoms. The van der Waals surface area contributed by atoms with Crippen LogP contribution in [0.25, 0.3) is 0 Å². The molecule has 0 aliphatic carbocycles. The van der Waals surface area contributed by atoms with E-state index in [-0.39, 0.29) is 37.3 Å². The average molecular weight is 668 g/mol. The van der Waals surface area contributed by atoms with Crippen LogP contribution in [0.1, 0.15) is 75.3 Å². The van der Waals surface area contributed by atoms with E-state index in [1.54, 1.807) is 4.90 Å². The number of carbonyl (C=O) groups is 4. The van der Waals surface area contributed by atoms with Gasteiger partial charge in [-0.1, -0.05) is 73.5 Å². The minimum Gasteiger partial charge on any atom is -0.445 e. The molecule has 13 nitrogen and oxygen atoms in total. The second-order valence-corrected chi connectivity index (χ2v) is 11.5. The van der Waals surface area contributed by atoms with Crippen molar-refractivity contribution in [1.82, 2.24) is 15.5 Å². The lowest BCUT2D eigenvalue weighted by molar-refractivity contribution is -0.122. The maximum absolute atomic E-state index is 12.9. The van der Waals surface area contributed by atoms with E-state index in [9.17, 15) is 19.2 Å². The lowest BCUT2D eigenvalue weighted by Gasteiger charge is -2.22. The highest BCUT2D eigenvalue weighted by Crippen LogP contribution is 2.08. The Morgan fingerprint density at radius 2 is 1.31 bits per heavy atom. The standard InChI is InChI=1S/C35H53N7O6/c36-30(31(43)18-9-1-2-10-22-40-33(37)38)19-20-32(44)39-21-11-12-24-42(35(46)48-27-29-16-7-4-8-17-29)25-13-23-41-34(45)47-26-28-14-5-3-6-15-28/h3-8,14-17,30H,1-2,9-13,18-27,36H2,(H,39,44)(H,41,45)(H4,37,38,40). The maximum Gasteiger partial charge on any atom is 0.410 e. The van der Waals surface area contributed by atoms with Crippen LogP contribution in [0.2, 0.25) is 0 Å². The van der Waals surface area contributed by atoms with E-state index >= 15 is 0 Å². The maximum atomic E-state index is 12.9. The zero-order valence-corrected chi connectivity index (χ0v) is 27.9. The second-order valence-electron chi connectivity index (χ2n) is 11.5. The molecule has 2 aromatic rings. The summed E-state index contributed by atoms with van der Waals surface area (Å²) in [6.45, 7) is 2.48. The molecular formula is C35H53N7O6. The number of hydrogen-bond acceptors (Lipinski definition) is 8. The molecule has 0 aliphatic rings. The van der Waals surface area contributed by atoms with Gasteiger partial charge in [-0.25, -0.2) is 9.59 Å². The van der Waals surface area contributed by atoms with Crippen LogP contribution in [-0.4, -0.2) is 73.5 Å². The normalized spacial score (nSPS) is 11.2. The van der Waals surface area contributed by atoms with Gasteiger partial charge < -0.3 is 42.2 Å². The zero-order valence-electron chi connectivity index (χ0n) is 27.9. The smallest absolute Gasteiger partial charge is 0.410 e. The number of Topliss-reactive ketones (excluding diaryl/α,β-unsaturated/α-hetero) is 1.